The van der Waals surface area contributed by atoms with Crippen LogP contribution in [0.25, 0.3) is 0 Å². The van der Waals surface area contributed by atoms with Gasteiger partial charge in [-0.05, 0) is 81.5 Å². The van der Waals surface area contributed by atoms with Crippen molar-refractivity contribution < 1.29 is 4.74 Å². The van der Waals surface area contributed by atoms with E-state index in [0.29, 0.717) is 18.9 Å². The predicted octanol–water partition coefficient (Wildman–Crippen LogP) is 10.9. The molecule has 0 amide bonds. The van der Waals surface area contributed by atoms with Crippen LogP contribution in [-0.4, -0.2) is 25.1 Å². The van der Waals surface area contributed by atoms with E-state index in [1.165, 1.54) is 11.3 Å². The van der Waals surface area contributed by atoms with Gasteiger partial charge in [-0.1, -0.05) is 99.4 Å². The van der Waals surface area contributed by atoms with Gasteiger partial charge < -0.3 is 14.5 Å². The molecule has 0 aliphatic carbocycles. The van der Waals surface area contributed by atoms with Gasteiger partial charge in [-0.2, -0.15) is 0 Å². The monoisotopic (exact) mass is 612 g/mol. The Morgan fingerprint density at radius 1 is 1.13 bits per heavy atom. The molecule has 1 aromatic carbocycles. The summed E-state index contributed by atoms with van der Waals surface area (Å²) in [6.07, 6.45) is 31.0. The van der Waals surface area contributed by atoms with Crippen LogP contribution >= 0.6 is 0 Å². The van der Waals surface area contributed by atoms with Crippen LogP contribution in [0.15, 0.2) is 168 Å². The third kappa shape index (κ3) is 11.6. The number of likely N-dealkylation sites (N-methyl/N-ethyl adjacent to an activating group) is 1. The molecular formula is C43H52N2O. The number of anilines is 1. The van der Waals surface area contributed by atoms with Crippen LogP contribution in [0, 0.1) is 18.3 Å². The van der Waals surface area contributed by atoms with E-state index in [-0.39, 0.29) is 0 Å². The van der Waals surface area contributed by atoms with Crippen LogP contribution in [0.2, 0.25) is 0 Å². The maximum absolute atomic E-state index is 5.96. The summed E-state index contributed by atoms with van der Waals surface area (Å²) in [5, 5.41) is 0. The lowest BCUT2D eigenvalue weighted by atomic mass is 10.0. The number of benzene rings is 1. The number of ether oxygens (including phenoxy) is 1. The minimum atomic E-state index is 0.340. The van der Waals surface area contributed by atoms with Crippen molar-refractivity contribution >= 4 is 5.69 Å². The van der Waals surface area contributed by atoms with Gasteiger partial charge in [0.25, 0.3) is 0 Å². The highest BCUT2D eigenvalue weighted by Gasteiger charge is 2.15. The molecule has 3 heteroatoms. The highest BCUT2D eigenvalue weighted by Crippen LogP contribution is 2.29. The SMILES string of the molecule is C#C/C(C/C=C\CN(C)C(/C=C\C(=C=C)C1=CC/C(C)=C(/C)N(c2ccccc2)C(=C)C=C1)=C/C)=C(\CC(C)/C=C\C)OCC=C. The van der Waals surface area contributed by atoms with Gasteiger partial charge in [0.15, 0.2) is 0 Å². The van der Waals surface area contributed by atoms with Crippen molar-refractivity contribution in [3.8, 4) is 12.3 Å². The van der Waals surface area contributed by atoms with Gasteiger partial charge >= 0.3 is 0 Å². The summed E-state index contributed by atoms with van der Waals surface area (Å²) in [5.41, 5.74) is 11.5. The van der Waals surface area contributed by atoms with Crippen molar-refractivity contribution in [3.63, 3.8) is 0 Å². The third-order valence-electron chi connectivity index (χ3n) is 7.78. The molecule has 0 fully saturated rings. The molecule has 0 saturated carbocycles. The first-order valence-electron chi connectivity index (χ1n) is 15.9. The van der Waals surface area contributed by atoms with Crippen LogP contribution in [0.3, 0.4) is 0 Å². The van der Waals surface area contributed by atoms with Gasteiger partial charge in [-0.25, -0.2) is 0 Å². The Hall–Kier alpha value is -4.90. The number of terminal acetylenes is 1. The molecule has 46 heavy (non-hydrogen) atoms. The van der Waals surface area contributed by atoms with Crippen LogP contribution in [-0.2, 0) is 4.74 Å². The van der Waals surface area contributed by atoms with E-state index >= 15 is 0 Å². The van der Waals surface area contributed by atoms with Gasteiger partial charge in [0.1, 0.15) is 12.4 Å². The Labute approximate surface area is 279 Å². The minimum Gasteiger partial charge on any atom is -0.493 e. The molecule has 1 aliphatic rings. The fourth-order valence-electron chi connectivity index (χ4n) is 5.06. The maximum atomic E-state index is 5.96. The second kappa shape index (κ2) is 20.2. The second-order valence-corrected chi connectivity index (χ2v) is 11.3. The zero-order chi connectivity index (χ0) is 33.9. The molecule has 1 atom stereocenters. The Kier molecular flexibility index (Phi) is 16.4. The molecule has 1 unspecified atom stereocenters. The van der Waals surface area contributed by atoms with Crippen LogP contribution < -0.4 is 4.90 Å². The van der Waals surface area contributed by atoms with E-state index in [2.05, 4.69) is 154 Å². The van der Waals surface area contributed by atoms with Crippen molar-refractivity contribution in [1.29, 1.82) is 0 Å². The summed E-state index contributed by atoms with van der Waals surface area (Å²) in [6.45, 7) is 23.9. The summed E-state index contributed by atoms with van der Waals surface area (Å²) in [6, 6.07) is 10.4. The smallest absolute Gasteiger partial charge is 0.109 e. The van der Waals surface area contributed by atoms with Crippen molar-refractivity contribution in [1.82, 2.24) is 4.90 Å². The fourth-order valence-corrected chi connectivity index (χ4v) is 5.06. The average molecular weight is 613 g/mol. The van der Waals surface area contributed by atoms with Crippen LogP contribution in [0.4, 0.5) is 5.69 Å². The lowest BCUT2D eigenvalue weighted by Crippen LogP contribution is -2.19. The van der Waals surface area contributed by atoms with Gasteiger partial charge in [0, 0.05) is 60.4 Å². The second-order valence-electron chi connectivity index (χ2n) is 11.3. The third-order valence-corrected chi connectivity index (χ3v) is 7.78. The highest BCUT2D eigenvalue weighted by molar-refractivity contribution is 5.62. The predicted molar refractivity (Wildman–Crippen MR) is 201 cm³/mol. The first-order valence-corrected chi connectivity index (χ1v) is 15.9. The standard InChI is InChI=1S/C43H52N2O/c1-11-21-34(6)33-43(46-32-12-2)39(14-4)22-19-20-31-44(10)41(15-5)30-29-38(13-3)40-27-25-35(7)37(9)45(36(8)26-28-40)42-23-17-16-18-24-42/h4,11-12,15-21,23-24,26-30,34H,2-3,8,22,25,31-33H2,1,5-7,9-10H3/b20-19-,21-11-,28-26?,30-29-,37-35-,40-27?,41-15+,43-39-. The fraction of sp³-hybridized carbons (Fsp3) is 0.279. The molecule has 0 spiro atoms. The van der Waals surface area contributed by atoms with Crippen LogP contribution in [0.5, 0.6) is 0 Å². The van der Waals surface area contributed by atoms with E-state index < -0.39 is 0 Å². The number of hydrogen-bond donors (Lipinski definition) is 0. The molecule has 0 N–H and O–H groups in total. The zero-order valence-corrected chi connectivity index (χ0v) is 28.9. The Balaban J connectivity index is 2.18. The van der Waals surface area contributed by atoms with E-state index in [0.717, 1.165) is 58.9 Å². The van der Waals surface area contributed by atoms with E-state index in [9.17, 15) is 0 Å². The molecule has 0 aromatic heterocycles. The lowest BCUT2D eigenvalue weighted by Gasteiger charge is -2.27. The lowest BCUT2D eigenvalue weighted by molar-refractivity contribution is 0.226. The van der Waals surface area contributed by atoms with E-state index in [4.69, 9.17) is 11.2 Å². The Morgan fingerprint density at radius 3 is 2.50 bits per heavy atom. The molecule has 1 heterocycles. The normalized spacial score (nSPS) is 17.2. The summed E-state index contributed by atoms with van der Waals surface area (Å²) < 4.78 is 5.96. The Morgan fingerprint density at radius 2 is 1.87 bits per heavy atom. The summed E-state index contributed by atoms with van der Waals surface area (Å²) in [7, 11) is 2.08. The topological polar surface area (TPSA) is 15.7 Å². The van der Waals surface area contributed by atoms with Crippen LogP contribution in [0.1, 0.15) is 53.9 Å². The maximum Gasteiger partial charge on any atom is 0.109 e. The molecule has 240 valence electrons. The highest BCUT2D eigenvalue weighted by atomic mass is 16.5. The van der Waals surface area contributed by atoms with Gasteiger partial charge in [0.2, 0.25) is 0 Å². The summed E-state index contributed by atoms with van der Waals surface area (Å²) in [5.74, 6) is 4.05. The number of allylic oxidation sites excluding steroid dienone is 15. The number of hydrogen-bond acceptors (Lipinski definition) is 3. The molecular weight excluding hydrogens is 560 g/mol. The average Bonchev–Trinajstić information content (AvgIpc) is 3.10. The molecule has 1 aromatic rings. The molecule has 0 saturated heterocycles. The largest absolute Gasteiger partial charge is 0.493 e. The van der Waals surface area contributed by atoms with Gasteiger partial charge in [0.05, 0.1) is 0 Å². The van der Waals surface area contributed by atoms with Gasteiger partial charge in [-0.15, -0.1) is 12.2 Å². The summed E-state index contributed by atoms with van der Waals surface area (Å²) >= 11 is 0. The Bertz CT molecular complexity index is 1540. The molecule has 1 aliphatic heterocycles. The van der Waals surface area contributed by atoms with Crippen molar-refractivity contribution in [3.05, 3.63) is 168 Å². The van der Waals surface area contributed by atoms with Gasteiger partial charge in [-0.3, -0.25) is 0 Å². The quantitative estimate of drug-likeness (QED) is 0.0644. The first kappa shape index (κ1) is 37.3. The number of nitrogens with zero attached hydrogens (tertiary/aromatic N) is 2. The van der Waals surface area contributed by atoms with E-state index in [1.54, 1.807) is 6.08 Å². The zero-order valence-electron chi connectivity index (χ0n) is 28.9. The van der Waals surface area contributed by atoms with Crippen molar-refractivity contribution in [2.24, 2.45) is 5.92 Å². The van der Waals surface area contributed by atoms with E-state index in [1.807, 2.05) is 19.9 Å². The number of para-hydroxylation sites is 1. The molecule has 0 bridgehead atoms. The summed E-state index contributed by atoms with van der Waals surface area (Å²) in [4.78, 5) is 4.40. The van der Waals surface area contributed by atoms with Crippen molar-refractivity contribution in [2.45, 2.75) is 53.9 Å². The number of rotatable bonds is 15. The molecule has 0 radical (unpaired) electrons. The van der Waals surface area contributed by atoms with Crippen molar-refractivity contribution in [2.75, 3.05) is 25.1 Å². The minimum absolute atomic E-state index is 0.340. The first-order chi connectivity index (χ1) is 22.2. The molecule has 3 nitrogen and oxygen atoms in total. The molecule has 2 rings (SSSR count).